The number of hydrogen-bond donors (Lipinski definition) is 3. The van der Waals surface area contributed by atoms with Crippen molar-refractivity contribution in [2.24, 2.45) is 5.84 Å². The molecule has 1 rings (SSSR count). The van der Waals surface area contributed by atoms with Crippen molar-refractivity contribution in [2.75, 3.05) is 17.3 Å². The normalized spacial score (nSPS) is 11.4. The molecule has 0 spiro atoms. The molecule has 4 N–H and O–H groups in total. The summed E-state index contributed by atoms with van der Waals surface area (Å²) in [6.07, 6.45) is -1.83. The molecule has 0 bridgehead atoms. The molecule has 1 aromatic heterocycles. The first-order valence-electron chi connectivity index (χ1n) is 5.09. The highest BCUT2D eigenvalue weighted by Crippen LogP contribution is 2.22. The smallest absolute Gasteiger partial charge is 0.361 e. The Morgan fingerprint density at radius 1 is 1.29 bits per heavy atom. The van der Waals surface area contributed by atoms with Crippen molar-refractivity contribution < 1.29 is 13.2 Å². The van der Waals surface area contributed by atoms with Gasteiger partial charge in [-0.1, -0.05) is 13.3 Å². The van der Waals surface area contributed by atoms with E-state index in [1.807, 2.05) is 6.92 Å². The van der Waals surface area contributed by atoms with Gasteiger partial charge in [-0.2, -0.15) is 13.2 Å². The summed E-state index contributed by atoms with van der Waals surface area (Å²) in [6.45, 7) is 0.769. The van der Waals surface area contributed by atoms with E-state index in [1.165, 1.54) is 0 Å². The van der Waals surface area contributed by atoms with Gasteiger partial charge in [0.1, 0.15) is 24.5 Å². The molecular weight excluding hydrogens is 235 g/mol. The van der Waals surface area contributed by atoms with E-state index in [2.05, 4.69) is 20.7 Å². The van der Waals surface area contributed by atoms with E-state index in [0.29, 0.717) is 17.8 Å². The van der Waals surface area contributed by atoms with Crippen molar-refractivity contribution in [3.8, 4) is 0 Å². The molecular formula is C9H14F3N5. The van der Waals surface area contributed by atoms with Crippen LogP contribution in [0.1, 0.15) is 18.9 Å². The zero-order valence-corrected chi connectivity index (χ0v) is 9.30. The predicted molar refractivity (Wildman–Crippen MR) is 58.4 cm³/mol. The maximum atomic E-state index is 12.1. The lowest BCUT2D eigenvalue weighted by Crippen LogP contribution is -2.23. The van der Waals surface area contributed by atoms with Crippen molar-refractivity contribution in [1.29, 1.82) is 0 Å². The van der Waals surface area contributed by atoms with Crippen LogP contribution in [0.4, 0.5) is 24.8 Å². The number of rotatable bonds is 5. The molecule has 1 aromatic rings. The number of alkyl halides is 3. The maximum Gasteiger partial charge on any atom is 0.405 e. The van der Waals surface area contributed by atoms with Crippen molar-refractivity contribution in [3.63, 3.8) is 0 Å². The third kappa shape index (κ3) is 4.06. The zero-order chi connectivity index (χ0) is 12.9. The van der Waals surface area contributed by atoms with Crippen molar-refractivity contribution in [1.82, 2.24) is 9.97 Å². The number of aromatic nitrogens is 2. The fraction of sp³-hybridized carbons (Fsp3) is 0.556. The molecule has 17 heavy (non-hydrogen) atoms. The molecule has 0 unspecified atom stereocenters. The van der Waals surface area contributed by atoms with Gasteiger partial charge in [-0.05, 0) is 6.42 Å². The molecule has 0 saturated heterocycles. The molecule has 0 aliphatic rings. The lowest BCUT2D eigenvalue weighted by molar-refractivity contribution is -0.115. The van der Waals surface area contributed by atoms with Crippen molar-refractivity contribution in [2.45, 2.75) is 25.9 Å². The summed E-state index contributed by atoms with van der Waals surface area (Å²) in [5.74, 6) is 5.74. The zero-order valence-electron chi connectivity index (χ0n) is 9.30. The van der Waals surface area contributed by atoms with Crippen LogP contribution in [-0.2, 0) is 6.42 Å². The molecule has 0 amide bonds. The minimum Gasteiger partial charge on any atom is -0.361 e. The van der Waals surface area contributed by atoms with Crippen LogP contribution in [0.3, 0.4) is 0 Å². The van der Waals surface area contributed by atoms with Gasteiger partial charge in [0, 0.05) is 5.56 Å². The molecule has 1 heterocycles. The van der Waals surface area contributed by atoms with Crippen LogP contribution in [0.2, 0.25) is 0 Å². The van der Waals surface area contributed by atoms with Gasteiger partial charge in [-0.15, -0.1) is 0 Å². The first-order chi connectivity index (χ1) is 7.98. The Bertz CT molecular complexity index is 366. The number of nitrogens with one attached hydrogen (secondary N) is 2. The second kappa shape index (κ2) is 5.67. The Morgan fingerprint density at radius 3 is 2.47 bits per heavy atom. The summed E-state index contributed by atoms with van der Waals surface area (Å²) >= 11 is 0. The fourth-order valence-corrected chi connectivity index (χ4v) is 1.36. The number of halogens is 3. The standard InChI is InChI=1S/C9H14F3N5/c1-2-3-6-7(14-4-9(10,11)12)15-5-16-8(6)17-13/h5H,2-4,13H2,1H3,(H2,14,15,16,17). The summed E-state index contributed by atoms with van der Waals surface area (Å²) in [6, 6.07) is 0. The highest BCUT2D eigenvalue weighted by molar-refractivity contribution is 5.56. The summed E-state index contributed by atoms with van der Waals surface area (Å²) in [4.78, 5) is 7.64. The van der Waals surface area contributed by atoms with E-state index >= 15 is 0 Å². The minimum atomic E-state index is -4.29. The molecule has 5 nitrogen and oxygen atoms in total. The van der Waals surface area contributed by atoms with Crippen LogP contribution >= 0.6 is 0 Å². The lowest BCUT2D eigenvalue weighted by Gasteiger charge is -2.14. The van der Waals surface area contributed by atoms with Crippen LogP contribution in [0, 0.1) is 0 Å². The molecule has 0 aliphatic heterocycles. The monoisotopic (exact) mass is 249 g/mol. The van der Waals surface area contributed by atoms with Crippen LogP contribution in [0.15, 0.2) is 6.33 Å². The van der Waals surface area contributed by atoms with Crippen molar-refractivity contribution in [3.05, 3.63) is 11.9 Å². The van der Waals surface area contributed by atoms with E-state index in [9.17, 15) is 13.2 Å². The van der Waals surface area contributed by atoms with E-state index in [0.717, 1.165) is 12.7 Å². The van der Waals surface area contributed by atoms with Gasteiger partial charge < -0.3 is 10.7 Å². The number of nitrogen functional groups attached to an aromatic ring is 1. The third-order valence-electron chi connectivity index (χ3n) is 2.04. The first kappa shape index (κ1) is 13.5. The summed E-state index contributed by atoms with van der Waals surface area (Å²) < 4.78 is 36.3. The van der Waals surface area contributed by atoms with Gasteiger partial charge in [0.15, 0.2) is 0 Å². The quantitative estimate of drug-likeness (QED) is 0.547. The average Bonchev–Trinajstić information content (AvgIpc) is 2.27. The summed E-state index contributed by atoms with van der Waals surface area (Å²) in [5, 5.41) is 2.24. The molecule has 0 aliphatic carbocycles. The SMILES string of the molecule is CCCc1c(NN)ncnc1NCC(F)(F)F. The van der Waals surface area contributed by atoms with Crippen molar-refractivity contribution >= 4 is 11.6 Å². The van der Waals surface area contributed by atoms with Gasteiger partial charge in [0.2, 0.25) is 0 Å². The first-order valence-corrected chi connectivity index (χ1v) is 5.09. The van der Waals surface area contributed by atoms with E-state index < -0.39 is 12.7 Å². The number of hydrazine groups is 1. The largest absolute Gasteiger partial charge is 0.405 e. The topological polar surface area (TPSA) is 75.9 Å². The Balaban J connectivity index is 2.89. The molecule has 0 saturated carbocycles. The number of anilines is 2. The highest BCUT2D eigenvalue weighted by Gasteiger charge is 2.27. The van der Waals surface area contributed by atoms with E-state index in [1.54, 1.807) is 0 Å². The van der Waals surface area contributed by atoms with Crippen LogP contribution < -0.4 is 16.6 Å². The molecule has 0 aromatic carbocycles. The number of nitrogens with zero attached hydrogens (tertiary/aromatic N) is 2. The Morgan fingerprint density at radius 2 is 1.94 bits per heavy atom. The molecule has 0 atom stereocenters. The number of nitrogens with two attached hydrogens (primary N) is 1. The minimum absolute atomic E-state index is 0.159. The maximum absolute atomic E-state index is 12.1. The molecule has 0 fully saturated rings. The summed E-state index contributed by atoms with van der Waals surface area (Å²) in [7, 11) is 0. The fourth-order valence-electron chi connectivity index (χ4n) is 1.36. The Labute approximate surface area is 96.6 Å². The van der Waals surface area contributed by atoms with Gasteiger partial charge in [-0.3, -0.25) is 0 Å². The second-order valence-electron chi connectivity index (χ2n) is 3.41. The third-order valence-corrected chi connectivity index (χ3v) is 2.04. The van der Waals surface area contributed by atoms with E-state index in [4.69, 9.17) is 5.84 Å². The van der Waals surface area contributed by atoms with Gasteiger partial charge >= 0.3 is 6.18 Å². The second-order valence-corrected chi connectivity index (χ2v) is 3.41. The van der Waals surface area contributed by atoms with Crippen LogP contribution in [0.5, 0.6) is 0 Å². The molecule has 8 heteroatoms. The Kier molecular flexibility index (Phi) is 4.50. The van der Waals surface area contributed by atoms with Crippen LogP contribution in [-0.4, -0.2) is 22.7 Å². The van der Waals surface area contributed by atoms with Gasteiger partial charge in [0.05, 0.1) is 0 Å². The highest BCUT2D eigenvalue weighted by atomic mass is 19.4. The van der Waals surface area contributed by atoms with Gasteiger partial charge in [0.25, 0.3) is 0 Å². The summed E-state index contributed by atoms with van der Waals surface area (Å²) in [5.41, 5.74) is 2.90. The molecule has 96 valence electrons. The van der Waals surface area contributed by atoms with E-state index in [-0.39, 0.29) is 5.82 Å². The van der Waals surface area contributed by atoms with Gasteiger partial charge in [-0.25, -0.2) is 15.8 Å². The average molecular weight is 249 g/mol. The van der Waals surface area contributed by atoms with Crippen LogP contribution in [0.25, 0.3) is 0 Å². The lowest BCUT2D eigenvalue weighted by atomic mass is 10.1. The predicted octanol–water partition coefficient (Wildman–Crippen LogP) is 1.69. The Hall–Kier alpha value is -1.57. The number of hydrogen-bond acceptors (Lipinski definition) is 5. The molecule has 0 radical (unpaired) electrons.